The van der Waals surface area contributed by atoms with Gasteiger partial charge in [0.05, 0.1) is 46.7 Å². The van der Waals surface area contributed by atoms with Crippen molar-refractivity contribution in [1.82, 2.24) is 24.5 Å². The third-order valence-corrected chi connectivity index (χ3v) is 11.9. The number of non-ortho nitro benzene ring substituents is 2. The average Bonchev–Trinajstić information content (AvgIpc) is 3.88. The summed E-state index contributed by atoms with van der Waals surface area (Å²) in [5.74, 6) is -2.65. The van der Waals surface area contributed by atoms with Crippen LogP contribution >= 0.6 is 11.8 Å². The van der Waals surface area contributed by atoms with Gasteiger partial charge < -0.3 is 24.4 Å². The Bertz CT molecular complexity index is 2070. The van der Waals surface area contributed by atoms with E-state index in [0.717, 1.165) is 5.69 Å². The molecule has 2 aromatic carbocycles. The molecule has 7 rings (SSSR count). The third-order valence-electron chi connectivity index (χ3n) is 10.5. The van der Waals surface area contributed by atoms with Crippen LogP contribution in [0.2, 0.25) is 0 Å². The van der Waals surface area contributed by atoms with Gasteiger partial charge in [-0.3, -0.25) is 39.4 Å². The number of hydrogen-bond acceptors (Lipinski definition) is 13. The van der Waals surface area contributed by atoms with Crippen molar-refractivity contribution in [2.45, 2.75) is 70.0 Å². The third kappa shape index (κ3) is 7.23. The van der Waals surface area contributed by atoms with Gasteiger partial charge in [-0.1, -0.05) is 6.92 Å². The van der Waals surface area contributed by atoms with Gasteiger partial charge in [0.2, 0.25) is 11.8 Å². The number of rotatable bonds is 11. The summed E-state index contributed by atoms with van der Waals surface area (Å²) in [5, 5.41) is 36.5. The number of esters is 1. The fourth-order valence-corrected chi connectivity index (χ4v) is 9.15. The van der Waals surface area contributed by atoms with Gasteiger partial charge in [0.25, 0.3) is 11.4 Å². The van der Waals surface area contributed by atoms with E-state index >= 15 is 0 Å². The lowest BCUT2D eigenvalue weighted by Crippen LogP contribution is -2.63. The van der Waals surface area contributed by atoms with Crippen LogP contribution in [0.4, 0.5) is 16.2 Å². The van der Waals surface area contributed by atoms with E-state index in [-0.39, 0.29) is 49.2 Å². The van der Waals surface area contributed by atoms with Crippen LogP contribution in [-0.4, -0.2) is 99.8 Å². The van der Waals surface area contributed by atoms with Crippen LogP contribution in [0.15, 0.2) is 71.4 Å². The lowest BCUT2D eigenvalue weighted by atomic mass is 9.79. The number of aromatic nitrogens is 2. The van der Waals surface area contributed by atoms with Crippen molar-refractivity contribution in [2.75, 3.05) is 13.1 Å². The first-order valence-electron chi connectivity index (χ1n) is 17.6. The number of thioether (sulfide) groups is 1. The Balaban J connectivity index is 1.13. The molecule has 0 bridgehead atoms. The highest BCUT2D eigenvalue weighted by Gasteiger charge is 2.60. The Morgan fingerprint density at radius 2 is 1.58 bits per heavy atom. The number of ether oxygens (including phenoxy) is 2. The number of carbonyl (C=O) groups is 4. The molecule has 5 heterocycles. The van der Waals surface area contributed by atoms with Crippen LogP contribution in [-0.2, 0) is 50.2 Å². The summed E-state index contributed by atoms with van der Waals surface area (Å²) < 4.78 is 13.1. The molecule has 0 saturated carbocycles. The van der Waals surface area contributed by atoms with Gasteiger partial charge in [-0.25, -0.2) is 9.59 Å². The maximum absolute atomic E-state index is 14.2. The zero-order valence-electron chi connectivity index (χ0n) is 29.8. The van der Waals surface area contributed by atoms with E-state index in [1.165, 1.54) is 77.0 Å². The minimum atomic E-state index is -0.978. The lowest BCUT2D eigenvalue weighted by molar-refractivity contribution is -0.385. The van der Waals surface area contributed by atoms with Crippen molar-refractivity contribution in [3.05, 3.63) is 108 Å². The fraction of sp³-hybridized carbons (Fsp3) is 0.417. The molecule has 0 radical (unpaired) electrons. The maximum Gasteiger partial charge on any atom is 0.410 e. The molecule has 6 atom stereocenters. The predicted octanol–water partition coefficient (Wildman–Crippen LogP) is 3.37. The van der Waals surface area contributed by atoms with Crippen molar-refractivity contribution in [2.24, 2.45) is 11.8 Å². The van der Waals surface area contributed by atoms with E-state index in [9.17, 15) is 44.5 Å². The number of fused-ring (bicyclic) bond motifs is 2. The number of likely N-dealkylation sites (tertiary alicyclic amines) is 1. The number of aliphatic hydroxyl groups is 1. The van der Waals surface area contributed by atoms with Gasteiger partial charge in [-0.2, -0.15) is 5.10 Å². The second-order valence-corrected chi connectivity index (χ2v) is 15.2. The summed E-state index contributed by atoms with van der Waals surface area (Å²) in [4.78, 5) is 81.0. The summed E-state index contributed by atoms with van der Waals surface area (Å²) in [6.45, 7) is 4.17. The lowest BCUT2D eigenvalue weighted by Gasteiger charge is -2.46. The molecule has 55 heavy (non-hydrogen) atoms. The summed E-state index contributed by atoms with van der Waals surface area (Å²) in [6.07, 6.45) is 0.125. The molecule has 19 heteroatoms. The quantitative estimate of drug-likeness (QED) is 0.128. The van der Waals surface area contributed by atoms with Crippen LogP contribution in [0, 0.1) is 32.1 Å². The summed E-state index contributed by atoms with van der Waals surface area (Å²) >= 11 is 1.28. The Kier molecular flexibility index (Phi) is 10.3. The van der Waals surface area contributed by atoms with Gasteiger partial charge in [-0.15, -0.1) is 11.8 Å². The number of nitro groups is 2. The minimum Gasteiger partial charge on any atom is -0.456 e. The van der Waals surface area contributed by atoms with Crippen molar-refractivity contribution < 1.29 is 43.6 Å². The molecule has 0 spiro atoms. The van der Waals surface area contributed by atoms with Gasteiger partial charge in [-0.05, 0) is 54.8 Å². The van der Waals surface area contributed by atoms with Crippen LogP contribution in [0.25, 0.3) is 0 Å². The highest BCUT2D eigenvalue weighted by molar-refractivity contribution is 8.03. The van der Waals surface area contributed by atoms with Crippen molar-refractivity contribution in [3.8, 4) is 0 Å². The molecule has 2 saturated heterocycles. The minimum absolute atomic E-state index is 0.0256. The molecule has 1 N–H and O–H groups in total. The van der Waals surface area contributed by atoms with Crippen molar-refractivity contribution in [1.29, 1.82) is 0 Å². The van der Waals surface area contributed by atoms with Crippen LogP contribution in [0.1, 0.15) is 37.1 Å². The number of nitro benzene ring substituents is 2. The number of nitrogens with zero attached hydrogens (tertiary/aromatic N) is 7. The Labute approximate surface area is 317 Å². The molecule has 288 valence electrons. The van der Waals surface area contributed by atoms with E-state index in [4.69, 9.17) is 9.47 Å². The first kappa shape index (κ1) is 37.5. The predicted molar refractivity (Wildman–Crippen MR) is 192 cm³/mol. The summed E-state index contributed by atoms with van der Waals surface area (Å²) in [6, 6.07) is 11.5. The number of carbonyl (C=O) groups excluding carboxylic acids is 4. The normalized spacial score (nSPS) is 23.5. The standard InChI is InChI=1S/C36H37N7O11S/c1-20-30-29(21(2)44)34(46)41(30)31(35(47)53-18-22-3-7-24(8-4-22)42(49)50)32(20)55-27-15-28(33(45)38-13-14-40-26(16-38)11-12-37-40)39(17-27)36(48)54-19-23-5-9-25(10-6-23)43(51)52/h3-12,20-21,27-30,44H,13-19H2,1-2H3/t20-,21-,27+,28+,29-,30-/m1/s1. The number of benzene rings is 2. The fourth-order valence-electron chi connectivity index (χ4n) is 7.63. The van der Waals surface area contributed by atoms with Crippen molar-refractivity contribution >= 4 is 47.0 Å². The number of β-lactam (4-membered cyclic amide) rings is 1. The van der Waals surface area contributed by atoms with Crippen molar-refractivity contribution in [3.63, 3.8) is 0 Å². The first-order valence-corrected chi connectivity index (χ1v) is 18.5. The molecular formula is C36H37N7O11S. The zero-order valence-corrected chi connectivity index (χ0v) is 30.6. The topological polar surface area (TPSA) is 221 Å². The molecule has 4 aliphatic rings. The highest BCUT2D eigenvalue weighted by Crippen LogP contribution is 2.52. The van der Waals surface area contributed by atoms with Gasteiger partial charge >= 0.3 is 12.1 Å². The van der Waals surface area contributed by atoms with E-state index in [1.54, 1.807) is 11.1 Å². The summed E-state index contributed by atoms with van der Waals surface area (Å²) in [7, 11) is 0. The maximum atomic E-state index is 14.2. The first-order chi connectivity index (χ1) is 26.3. The molecule has 0 aliphatic carbocycles. The second-order valence-electron chi connectivity index (χ2n) is 13.9. The molecule has 0 unspecified atom stereocenters. The van der Waals surface area contributed by atoms with Crippen LogP contribution < -0.4 is 0 Å². The van der Waals surface area contributed by atoms with E-state index in [2.05, 4.69) is 5.10 Å². The number of hydrogen-bond donors (Lipinski definition) is 1. The Morgan fingerprint density at radius 1 is 0.964 bits per heavy atom. The SMILES string of the molecule is C[C@@H](O)[C@H]1C(=O)N2C(C(=O)OCc3ccc([N+](=O)[O-])cc3)=C(S[C@H]3C[C@@H](C(=O)N4CCn5nccc5C4)N(C(=O)OCc4ccc([N+](=O)[O-])cc4)C3)[C@H](C)[C@H]12. The zero-order chi connectivity index (χ0) is 39.1. The van der Waals surface area contributed by atoms with E-state index < -0.39 is 63.1 Å². The smallest absolute Gasteiger partial charge is 0.410 e. The van der Waals surface area contributed by atoms with Gasteiger partial charge in [0, 0.05) is 59.6 Å². The average molecular weight is 776 g/mol. The van der Waals surface area contributed by atoms with Crippen LogP contribution in [0.5, 0.6) is 0 Å². The summed E-state index contributed by atoms with van der Waals surface area (Å²) in [5.41, 5.74) is 1.65. The molecule has 18 nitrogen and oxygen atoms in total. The van der Waals surface area contributed by atoms with E-state index in [0.29, 0.717) is 35.7 Å². The monoisotopic (exact) mass is 775 g/mol. The van der Waals surface area contributed by atoms with E-state index in [1.807, 2.05) is 17.7 Å². The largest absolute Gasteiger partial charge is 0.456 e. The molecule has 4 aliphatic heterocycles. The molecule has 1 aromatic heterocycles. The molecule has 2 fully saturated rings. The second kappa shape index (κ2) is 15.1. The Hall–Kier alpha value is -5.82. The highest BCUT2D eigenvalue weighted by atomic mass is 32.2. The molecule has 3 aromatic rings. The molecular weight excluding hydrogens is 739 g/mol. The molecule has 3 amide bonds. The number of amides is 3. The van der Waals surface area contributed by atoms with Gasteiger partial charge in [0.1, 0.15) is 25.0 Å². The van der Waals surface area contributed by atoms with Gasteiger partial charge in [0.15, 0.2) is 0 Å². The van der Waals surface area contributed by atoms with Crippen LogP contribution in [0.3, 0.4) is 0 Å². The Morgan fingerprint density at radius 3 is 2.18 bits per heavy atom. The number of aliphatic hydroxyl groups excluding tert-OH is 1.